The Bertz CT molecular complexity index is 646. The van der Waals surface area contributed by atoms with E-state index in [2.05, 4.69) is 20.6 Å². The first-order valence-electron chi connectivity index (χ1n) is 7.49. The second kappa shape index (κ2) is 6.79. The summed E-state index contributed by atoms with van der Waals surface area (Å²) in [6.45, 7) is 4.13. The molecular weight excluding hydrogens is 314 g/mol. The summed E-state index contributed by atoms with van der Waals surface area (Å²) >= 11 is 1.73. The summed E-state index contributed by atoms with van der Waals surface area (Å²) < 4.78 is 11.4. The minimum atomic E-state index is -0.908. The van der Waals surface area contributed by atoms with Crippen molar-refractivity contribution in [2.75, 3.05) is 29.6 Å². The molecule has 0 radical (unpaired) electrons. The topological polar surface area (TPSA) is 45.2 Å². The van der Waals surface area contributed by atoms with Crippen molar-refractivity contribution in [2.45, 2.75) is 30.7 Å². The molecule has 0 aliphatic carbocycles. The van der Waals surface area contributed by atoms with Crippen molar-refractivity contribution in [1.29, 1.82) is 0 Å². The maximum absolute atomic E-state index is 11.4. The molecule has 118 valence electrons. The van der Waals surface area contributed by atoms with Crippen LogP contribution in [0.4, 0.5) is 10.8 Å². The molecule has 0 amide bonds. The Labute approximate surface area is 138 Å². The predicted molar refractivity (Wildman–Crippen MR) is 94.5 cm³/mol. The average Bonchev–Trinajstić information content (AvgIpc) is 2.95. The third-order valence-corrected chi connectivity index (χ3v) is 5.88. The lowest BCUT2D eigenvalue weighted by Gasteiger charge is -2.32. The molecule has 6 heteroatoms. The molecule has 1 aliphatic heterocycles. The molecule has 1 aliphatic rings. The van der Waals surface area contributed by atoms with Crippen molar-refractivity contribution in [3.8, 4) is 0 Å². The Balaban J connectivity index is 1.54. The number of aromatic nitrogens is 1. The molecule has 2 heterocycles. The second-order valence-electron chi connectivity index (χ2n) is 5.66. The minimum Gasteiger partial charge on any atom is -0.382 e. The van der Waals surface area contributed by atoms with Crippen LogP contribution >= 0.6 is 11.3 Å². The van der Waals surface area contributed by atoms with Crippen molar-refractivity contribution in [3.63, 3.8) is 0 Å². The molecule has 0 saturated carbocycles. The molecule has 1 aromatic carbocycles. The SMILES string of the molecule is Cc1csc(N2CCC(Nc3ccc([S@@](C)=O)cc3)CC2)n1. The van der Waals surface area contributed by atoms with Gasteiger partial charge in [0, 0.05) is 52.1 Å². The van der Waals surface area contributed by atoms with Crippen LogP contribution in [0.2, 0.25) is 0 Å². The molecule has 4 nitrogen and oxygen atoms in total. The summed E-state index contributed by atoms with van der Waals surface area (Å²) in [4.78, 5) is 7.81. The van der Waals surface area contributed by atoms with Crippen LogP contribution in [0.1, 0.15) is 18.5 Å². The van der Waals surface area contributed by atoms with Crippen LogP contribution in [0, 0.1) is 6.92 Å². The first kappa shape index (κ1) is 15.5. The fourth-order valence-corrected chi connectivity index (χ4v) is 4.06. The van der Waals surface area contributed by atoms with Gasteiger partial charge in [-0.3, -0.25) is 4.21 Å². The number of piperidine rings is 1. The largest absolute Gasteiger partial charge is 0.382 e. The van der Waals surface area contributed by atoms with Gasteiger partial charge in [0.15, 0.2) is 5.13 Å². The second-order valence-corrected chi connectivity index (χ2v) is 7.87. The molecule has 1 atom stereocenters. The smallest absolute Gasteiger partial charge is 0.185 e. The normalized spacial score (nSPS) is 17.5. The monoisotopic (exact) mass is 335 g/mol. The molecule has 1 saturated heterocycles. The zero-order valence-corrected chi connectivity index (χ0v) is 14.5. The summed E-state index contributed by atoms with van der Waals surface area (Å²) in [5, 5.41) is 6.84. The lowest BCUT2D eigenvalue weighted by Crippen LogP contribution is -2.39. The highest BCUT2D eigenvalue weighted by Crippen LogP contribution is 2.25. The van der Waals surface area contributed by atoms with Crippen LogP contribution < -0.4 is 10.2 Å². The maximum Gasteiger partial charge on any atom is 0.185 e. The average molecular weight is 335 g/mol. The Morgan fingerprint density at radius 3 is 2.50 bits per heavy atom. The van der Waals surface area contributed by atoms with E-state index in [0.717, 1.165) is 47.3 Å². The van der Waals surface area contributed by atoms with E-state index in [4.69, 9.17) is 0 Å². The Hall–Kier alpha value is -1.40. The number of thiazole rings is 1. The lowest BCUT2D eigenvalue weighted by atomic mass is 10.1. The number of rotatable bonds is 4. The highest BCUT2D eigenvalue weighted by Gasteiger charge is 2.20. The number of nitrogens with zero attached hydrogens (tertiary/aromatic N) is 2. The van der Waals surface area contributed by atoms with Gasteiger partial charge in [0.25, 0.3) is 0 Å². The van der Waals surface area contributed by atoms with E-state index < -0.39 is 10.8 Å². The van der Waals surface area contributed by atoms with E-state index in [1.165, 1.54) is 0 Å². The third kappa shape index (κ3) is 3.67. The van der Waals surface area contributed by atoms with Crippen molar-refractivity contribution in [1.82, 2.24) is 4.98 Å². The van der Waals surface area contributed by atoms with Gasteiger partial charge in [-0.15, -0.1) is 11.3 Å². The number of aryl methyl sites for hydroxylation is 1. The number of benzene rings is 1. The number of hydrogen-bond donors (Lipinski definition) is 1. The summed E-state index contributed by atoms with van der Waals surface area (Å²) in [5.41, 5.74) is 2.21. The van der Waals surface area contributed by atoms with Gasteiger partial charge >= 0.3 is 0 Å². The van der Waals surface area contributed by atoms with Crippen LogP contribution in [0.25, 0.3) is 0 Å². The Morgan fingerprint density at radius 2 is 1.95 bits per heavy atom. The molecule has 22 heavy (non-hydrogen) atoms. The van der Waals surface area contributed by atoms with Crippen LogP contribution in [0.15, 0.2) is 34.5 Å². The first-order chi connectivity index (χ1) is 10.6. The predicted octanol–water partition coefficient (Wildman–Crippen LogP) is 3.27. The van der Waals surface area contributed by atoms with Crippen LogP contribution in [-0.2, 0) is 10.8 Å². The molecule has 0 unspecified atom stereocenters. The summed E-state index contributed by atoms with van der Waals surface area (Å²) in [5.74, 6) is 0. The molecule has 1 aromatic heterocycles. The van der Waals surface area contributed by atoms with Crippen LogP contribution in [0.5, 0.6) is 0 Å². The van der Waals surface area contributed by atoms with Gasteiger partial charge in [-0.1, -0.05) is 0 Å². The third-order valence-electron chi connectivity index (χ3n) is 3.93. The van der Waals surface area contributed by atoms with E-state index in [9.17, 15) is 4.21 Å². The molecule has 3 rings (SSSR count). The highest BCUT2D eigenvalue weighted by molar-refractivity contribution is 7.84. The van der Waals surface area contributed by atoms with Crippen molar-refractivity contribution in [2.24, 2.45) is 0 Å². The van der Waals surface area contributed by atoms with E-state index >= 15 is 0 Å². The van der Waals surface area contributed by atoms with Crippen molar-refractivity contribution in [3.05, 3.63) is 35.3 Å². The number of hydrogen-bond acceptors (Lipinski definition) is 5. The van der Waals surface area contributed by atoms with E-state index in [1.54, 1.807) is 17.6 Å². The molecular formula is C16H21N3OS2. The number of anilines is 2. The van der Waals surface area contributed by atoms with Gasteiger partial charge in [-0.05, 0) is 44.0 Å². The molecule has 0 spiro atoms. The number of nitrogens with one attached hydrogen (secondary N) is 1. The van der Waals surface area contributed by atoms with Crippen LogP contribution in [-0.4, -0.2) is 34.6 Å². The summed E-state index contributed by atoms with van der Waals surface area (Å²) in [7, 11) is -0.908. The first-order valence-corrected chi connectivity index (χ1v) is 9.93. The van der Waals surface area contributed by atoms with Gasteiger partial charge in [-0.25, -0.2) is 4.98 Å². The van der Waals surface area contributed by atoms with E-state index in [1.807, 2.05) is 31.2 Å². The molecule has 2 aromatic rings. The molecule has 1 fully saturated rings. The summed E-state index contributed by atoms with van der Waals surface area (Å²) in [6, 6.07) is 8.41. The summed E-state index contributed by atoms with van der Waals surface area (Å²) in [6.07, 6.45) is 3.93. The lowest BCUT2D eigenvalue weighted by molar-refractivity contribution is 0.526. The molecule has 1 N–H and O–H groups in total. The van der Waals surface area contributed by atoms with Gasteiger partial charge in [0.05, 0.1) is 5.69 Å². The quantitative estimate of drug-likeness (QED) is 0.931. The zero-order valence-electron chi connectivity index (χ0n) is 12.9. The van der Waals surface area contributed by atoms with Gasteiger partial charge < -0.3 is 10.2 Å². The van der Waals surface area contributed by atoms with Crippen LogP contribution in [0.3, 0.4) is 0 Å². The van der Waals surface area contributed by atoms with Gasteiger partial charge in [0.1, 0.15) is 0 Å². The van der Waals surface area contributed by atoms with Crippen molar-refractivity contribution < 1.29 is 4.21 Å². The van der Waals surface area contributed by atoms with E-state index in [0.29, 0.717) is 6.04 Å². The van der Waals surface area contributed by atoms with E-state index in [-0.39, 0.29) is 0 Å². The zero-order chi connectivity index (χ0) is 15.5. The minimum absolute atomic E-state index is 0.496. The Morgan fingerprint density at radius 1 is 1.27 bits per heavy atom. The molecule has 0 bridgehead atoms. The standard InChI is InChI=1S/C16H21N3OS2/c1-12-11-21-16(17-12)19-9-7-14(8-10-19)18-13-3-5-15(6-4-13)22(2)20/h3-6,11,14,18H,7-10H2,1-2H3/t22-/m1/s1. The Kier molecular flexibility index (Phi) is 4.78. The fraction of sp³-hybridized carbons (Fsp3) is 0.438. The fourth-order valence-electron chi connectivity index (χ4n) is 2.68. The maximum atomic E-state index is 11.4. The van der Waals surface area contributed by atoms with Crippen molar-refractivity contribution >= 4 is 33.0 Å². The van der Waals surface area contributed by atoms with Gasteiger partial charge in [-0.2, -0.15) is 0 Å². The van der Waals surface area contributed by atoms with Gasteiger partial charge in [0.2, 0.25) is 0 Å². The highest BCUT2D eigenvalue weighted by atomic mass is 32.2.